The van der Waals surface area contributed by atoms with Crippen LogP contribution in [0.25, 0.3) is 28.5 Å². The maximum absolute atomic E-state index is 13.7. The van der Waals surface area contributed by atoms with Gasteiger partial charge in [-0.15, -0.1) is 5.10 Å². The average Bonchev–Trinajstić information content (AvgIpc) is 3.14. The molecule has 0 spiro atoms. The van der Waals surface area contributed by atoms with Crippen molar-refractivity contribution in [2.45, 2.75) is 6.18 Å². The van der Waals surface area contributed by atoms with Gasteiger partial charge in [-0.2, -0.15) is 17.9 Å². The van der Waals surface area contributed by atoms with Crippen molar-refractivity contribution in [3.05, 3.63) is 78.4 Å². The van der Waals surface area contributed by atoms with Gasteiger partial charge in [0.1, 0.15) is 17.3 Å². The third-order valence-corrected chi connectivity index (χ3v) is 3.92. The summed E-state index contributed by atoms with van der Waals surface area (Å²) in [6.45, 7) is 0. The number of halogens is 5. The summed E-state index contributed by atoms with van der Waals surface area (Å²) in [6, 6.07) is 10.4. The minimum Gasteiger partial charge on any atom is -0.253 e. The van der Waals surface area contributed by atoms with Crippen molar-refractivity contribution in [2.24, 2.45) is 0 Å². The molecule has 11 heteroatoms. The molecule has 0 bridgehead atoms. The molecule has 1 aromatic carbocycles. The van der Waals surface area contributed by atoms with E-state index in [-0.39, 0.29) is 48.6 Å². The second kappa shape index (κ2) is 8.37. The molecule has 0 saturated heterocycles. The molecule has 3 aromatic heterocycles. The molecule has 0 aliphatic carbocycles. The number of pyridine rings is 2. The number of alkyl halides is 3. The zero-order valence-corrected chi connectivity index (χ0v) is 17.1. The van der Waals surface area contributed by atoms with Crippen molar-refractivity contribution in [3.8, 4) is 28.5 Å². The summed E-state index contributed by atoms with van der Waals surface area (Å²) >= 11 is 0. The number of rotatable bonds is 3. The first-order chi connectivity index (χ1) is 13.8. The summed E-state index contributed by atoms with van der Waals surface area (Å²) in [6.07, 6.45) is -2.09. The normalized spacial score (nSPS) is 11.2. The second-order valence-corrected chi connectivity index (χ2v) is 5.92. The predicted octanol–water partition coefficient (Wildman–Crippen LogP) is 4.69. The minimum atomic E-state index is -4.81. The molecule has 0 unspecified atom stereocenters. The van der Waals surface area contributed by atoms with E-state index in [0.29, 0.717) is 6.07 Å². The first-order valence-electron chi connectivity index (χ1n) is 8.20. The molecule has 30 heavy (non-hydrogen) atoms. The van der Waals surface area contributed by atoms with Crippen LogP contribution in [-0.2, 0) is 26.3 Å². The van der Waals surface area contributed by atoms with Gasteiger partial charge in [-0.1, -0.05) is 6.07 Å². The first kappa shape index (κ1) is 21.7. The molecule has 0 aliphatic heterocycles. The van der Waals surface area contributed by atoms with Crippen LogP contribution in [0, 0.1) is 11.6 Å². The molecule has 0 atom stereocenters. The summed E-state index contributed by atoms with van der Waals surface area (Å²) in [4.78, 5) is 11.7. The molecule has 0 fully saturated rings. The molecule has 5 nitrogen and oxygen atoms in total. The summed E-state index contributed by atoms with van der Waals surface area (Å²) in [5.41, 5.74) is 0.376. The fourth-order valence-electron chi connectivity index (χ4n) is 2.74. The van der Waals surface area contributed by atoms with Crippen LogP contribution in [0.5, 0.6) is 0 Å². The van der Waals surface area contributed by atoms with Gasteiger partial charge >= 0.3 is 6.18 Å². The minimum absolute atomic E-state index is 0. The monoisotopic (exact) mass is 596 g/mol. The van der Waals surface area contributed by atoms with Crippen LogP contribution in [0.15, 0.2) is 60.9 Å². The van der Waals surface area contributed by atoms with Gasteiger partial charge < -0.3 is 0 Å². The number of hydrogen-bond acceptors (Lipinski definition) is 4. The van der Waals surface area contributed by atoms with Gasteiger partial charge in [-0.25, -0.2) is 18.7 Å². The number of hydrogen-bond donors (Lipinski definition) is 0. The van der Waals surface area contributed by atoms with Gasteiger partial charge in [-0.3, -0.25) is 4.98 Å². The van der Waals surface area contributed by atoms with Crippen molar-refractivity contribution in [2.75, 3.05) is 0 Å². The quantitative estimate of drug-likeness (QED) is 0.323. The summed E-state index contributed by atoms with van der Waals surface area (Å²) < 4.78 is 68.1. The molecular formula is C19H10F5IrN5. The topological polar surface area (TPSA) is 56.5 Å². The van der Waals surface area contributed by atoms with Crippen molar-refractivity contribution in [3.63, 3.8) is 0 Å². The van der Waals surface area contributed by atoms with Crippen molar-refractivity contribution >= 4 is 0 Å². The van der Waals surface area contributed by atoms with Gasteiger partial charge in [0.25, 0.3) is 5.82 Å². The Labute approximate surface area is 180 Å². The molecule has 0 aliphatic rings. The van der Waals surface area contributed by atoms with Crippen LogP contribution in [-0.4, -0.2) is 24.7 Å². The molecule has 155 valence electrons. The maximum atomic E-state index is 13.7. The Balaban J connectivity index is 0.00000256. The zero-order valence-electron chi connectivity index (χ0n) is 14.7. The van der Waals surface area contributed by atoms with Crippen LogP contribution < -0.4 is 0 Å². The number of nitrogens with zero attached hydrogens (tertiary/aromatic N) is 5. The van der Waals surface area contributed by atoms with Gasteiger partial charge in [0.05, 0.1) is 0 Å². The van der Waals surface area contributed by atoms with Crippen LogP contribution >= 0.6 is 0 Å². The summed E-state index contributed by atoms with van der Waals surface area (Å²) in [5.74, 6) is -3.36. The molecule has 1 radical (unpaired) electrons. The molecule has 4 rings (SSSR count). The van der Waals surface area contributed by atoms with E-state index in [1.165, 1.54) is 30.6 Å². The standard InChI is InChI=1S/C19H10F5N5.Ir/c20-12-8-11(9-13(21)10-12)14-4-3-7-26-16(14)29-17(15-5-1-2-6-25-15)27-18(28-29)19(22,23)24;/h1-10H;. The number of aromatic nitrogens is 5. The van der Waals surface area contributed by atoms with E-state index in [0.717, 1.165) is 16.8 Å². The molecule has 0 N–H and O–H groups in total. The van der Waals surface area contributed by atoms with E-state index >= 15 is 0 Å². The van der Waals surface area contributed by atoms with E-state index in [2.05, 4.69) is 20.1 Å². The Morgan fingerprint density at radius 1 is 0.833 bits per heavy atom. The van der Waals surface area contributed by atoms with Crippen LogP contribution in [0.1, 0.15) is 5.82 Å². The Bertz CT molecular complexity index is 1160. The van der Waals surface area contributed by atoms with Crippen LogP contribution in [0.4, 0.5) is 22.0 Å². The maximum Gasteiger partial charge on any atom is 0.453 e. The van der Waals surface area contributed by atoms with E-state index in [4.69, 9.17) is 0 Å². The predicted molar refractivity (Wildman–Crippen MR) is 92.7 cm³/mol. The van der Waals surface area contributed by atoms with Gasteiger partial charge in [0.2, 0.25) is 0 Å². The third-order valence-electron chi connectivity index (χ3n) is 3.92. The largest absolute Gasteiger partial charge is 0.453 e. The summed E-state index contributed by atoms with van der Waals surface area (Å²) in [7, 11) is 0. The molecule has 0 saturated carbocycles. The van der Waals surface area contributed by atoms with Gasteiger partial charge in [0.15, 0.2) is 11.6 Å². The van der Waals surface area contributed by atoms with E-state index in [9.17, 15) is 22.0 Å². The molecule has 3 heterocycles. The fourth-order valence-corrected chi connectivity index (χ4v) is 2.74. The van der Waals surface area contributed by atoms with Gasteiger partial charge in [0, 0.05) is 44.1 Å². The Kier molecular flexibility index (Phi) is 6.04. The van der Waals surface area contributed by atoms with E-state index in [1.807, 2.05) is 0 Å². The second-order valence-electron chi connectivity index (χ2n) is 5.92. The zero-order chi connectivity index (χ0) is 20.6. The molecule has 0 amide bonds. The average molecular weight is 596 g/mol. The molecule has 4 aromatic rings. The Hall–Kier alpha value is -3.04. The van der Waals surface area contributed by atoms with Crippen molar-refractivity contribution in [1.82, 2.24) is 24.7 Å². The number of benzene rings is 1. The Morgan fingerprint density at radius 2 is 1.53 bits per heavy atom. The van der Waals surface area contributed by atoms with E-state index < -0.39 is 23.6 Å². The first-order valence-corrected chi connectivity index (χ1v) is 8.20. The smallest absolute Gasteiger partial charge is 0.253 e. The van der Waals surface area contributed by atoms with Crippen molar-refractivity contribution in [1.29, 1.82) is 0 Å². The SMILES string of the molecule is Fc1cc(F)cc(-c2cccnc2-n2nc(C(F)(F)F)nc2-c2ccccn2)c1.[Ir]. The Morgan fingerprint density at radius 3 is 2.17 bits per heavy atom. The third kappa shape index (κ3) is 4.27. The molecular weight excluding hydrogens is 585 g/mol. The van der Waals surface area contributed by atoms with Crippen LogP contribution in [0.3, 0.4) is 0 Å². The van der Waals surface area contributed by atoms with Gasteiger partial charge in [-0.05, 0) is 42.0 Å². The van der Waals surface area contributed by atoms with Crippen molar-refractivity contribution < 1.29 is 42.1 Å². The fraction of sp³-hybridized carbons (Fsp3) is 0.0526. The summed E-state index contributed by atoms with van der Waals surface area (Å²) in [5, 5.41) is 3.55. The van der Waals surface area contributed by atoms with E-state index in [1.54, 1.807) is 12.1 Å². The van der Waals surface area contributed by atoms with Crippen LogP contribution in [0.2, 0.25) is 0 Å².